The molecule has 0 aliphatic carbocycles. The summed E-state index contributed by atoms with van der Waals surface area (Å²) < 4.78 is 19.1. The van der Waals surface area contributed by atoms with E-state index in [1.54, 1.807) is 32.0 Å². The third-order valence-corrected chi connectivity index (χ3v) is 2.72. The summed E-state index contributed by atoms with van der Waals surface area (Å²) in [4.78, 5) is 4.18. The highest BCUT2D eigenvalue weighted by Gasteiger charge is 2.16. The summed E-state index contributed by atoms with van der Waals surface area (Å²) in [6.07, 6.45) is 0. The van der Waals surface area contributed by atoms with Gasteiger partial charge < -0.3 is 15.7 Å². The first-order chi connectivity index (χ1) is 9.52. The number of ether oxygens (including phenoxy) is 1. The van der Waals surface area contributed by atoms with Gasteiger partial charge in [-0.15, -0.1) is 0 Å². The van der Waals surface area contributed by atoms with Gasteiger partial charge in [0.25, 0.3) is 0 Å². The Balaban J connectivity index is 2.53. The highest BCUT2D eigenvalue weighted by Crippen LogP contribution is 2.27. The van der Waals surface area contributed by atoms with Crippen LogP contribution in [0.3, 0.4) is 0 Å². The minimum absolute atomic E-state index is 0.0250. The van der Waals surface area contributed by atoms with Gasteiger partial charge in [0.1, 0.15) is 0 Å². The van der Waals surface area contributed by atoms with Crippen LogP contribution < -0.4 is 10.5 Å². The second kappa shape index (κ2) is 5.56. The van der Waals surface area contributed by atoms with Gasteiger partial charge in [-0.1, -0.05) is 17.3 Å². The van der Waals surface area contributed by atoms with Crippen LogP contribution in [0.25, 0.3) is 0 Å². The Morgan fingerprint density at radius 2 is 2.05 bits per heavy atom. The average Bonchev–Trinajstić information content (AvgIpc) is 2.40. The molecule has 2 aromatic rings. The number of hydrogen-bond acceptors (Lipinski definition) is 4. The van der Waals surface area contributed by atoms with Gasteiger partial charge in [-0.2, -0.15) is 0 Å². The fourth-order valence-corrected chi connectivity index (χ4v) is 1.87. The van der Waals surface area contributed by atoms with Crippen LogP contribution in [0, 0.1) is 19.7 Å². The van der Waals surface area contributed by atoms with Crippen molar-refractivity contribution in [2.45, 2.75) is 13.8 Å². The molecular formula is C14H14FN3O2. The van der Waals surface area contributed by atoms with Crippen LogP contribution in [0.4, 0.5) is 4.39 Å². The number of aromatic nitrogens is 1. The lowest BCUT2D eigenvalue weighted by Gasteiger charge is -2.13. The fraction of sp³-hybridized carbons (Fsp3) is 0.143. The second-order valence-electron chi connectivity index (χ2n) is 4.28. The van der Waals surface area contributed by atoms with Crippen LogP contribution in [0.1, 0.15) is 16.8 Å². The minimum Gasteiger partial charge on any atom is -0.435 e. The number of halogens is 1. The van der Waals surface area contributed by atoms with Gasteiger partial charge in [-0.05, 0) is 37.6 Å². The van der Waals surface area contributed by atoms with Crippen molar-refractivity contribution >= 4 is 5.84 Å². The number of nitrogens with two attached hydrogens (primary N) is 1. The Hall–Kier alpha value is -2.63. The van der Waals surface area contributed by atoms with Crippen molar-refractivity contribution in [3.05, 3.63) is 53.0 Å². The zero-order valence-corrected chi connectivity index (χ0v) is 11.1. The minimum atomic E-state index is -0.515. The van der Waals surface area contributed by atoms with E-state index in [0.29, 0.717) is 11.3 Å². The lowest BCUT2D eigenvalue weighted by atomic mass is 10.1. The molecule has 3 N–H and O–H groups in total. The summed E-state index contributed by atoms with van der Waals surface area (Å²) in [6, 6.07) is 7.72. The van der Waals surface area contributed by atoms with Crippen LogP contribution >= 0.6 is 0 Å². The number of benzene rings is 1. The van der Waals surface area contributed by atoms with E-state index < -0.39 is 5.82 Å². The fourth-order valence-electron chi connectivity index (χ4n) is 1.87. The molecule has 0 saturated heterocycles. The quantitative estimate of drug-likeness (QED) is 0.390. The highest BCUT2D eigenvalue weighted by atomic mass is 19.1. The molecule has 1 heterocycles. The van der Waals surface area contributed by atoms with Crippen LogP contribution in [-0.4, -0.2) is 16.0 Å². The summed E-state index contributed by atoms with van der Waals surface area (Å²) in [5, 5.41) is 11.8. The molecule has 0 aliphatic rings. The van der Waals surface area contributed by atoms with Gasteiger partial charge in [0.2, 0.25) is 5.88 Å². The molecule has 6 heteroatoms. The maximum Gasteiger partial charge on any atom is 0.231 e. The summed E-state index contributed by atoms with van der Waals surface area (Å²) in [5.41, 5.74) is 7.36. The van der Waals surface area contributed by atoms with E-state index in [2.05, 4.69) is 10.1 Å². The molecule has 1 aromatic heterocycles. The van der Waals surface area contributed by atoms with Crippen molar-refractivity contribution in [3.8, 4) is 11.6 Å². The van der Waals surface area contributed by atoms with Gasteiger partial charge in [0, 0.05) is 5.69 Å². The molecule has 5 nitrogen and oxygen atoms in total. The van der Waals surface area contributed by atoms with Crippen LogP contribution in [0.15, 0.2) is 35.5 Å². The van der Waals surface area contributed by atoms with E-state index in [9.17, 15) is 4.39 Å². The highest BCUT2D eigenvalue weighted by molar-refractivity contribution is 6.00. The summed E-state index contributed by atoms with van der Waals surface area (Å²) in [7, 11) is 0. The molecule has 0 amide bonds. The van der Waals surface area contributed by atoms with Crippen molar-refractivity contribution in [3.63, 3.8) is 0 Å². The number of oxime groups is 1. The van der Waals surface area contributed by atoms with Crippen LogP contribution in [0.5, 0.6) is 11.6 Å². The van der Waals surface area contributed by atoms with Crippen molar-refractivity contribution in [1.82, 2.24) is 4.98 Å². The largest absolute Gasteiger partial charge is 0.435 e. The van der Waals surface area contributed by atoms with E-state index >= 15 is 0 Å². The Labute approximate surface area is 115 Å². The van der Waals surface area contributed by atoms with E-state index in [-0.39, 0.29) is 17.5 Å². The first-order valence-electron chi connectivity index (χ1n) is 5.91. The maximum atomic E-state index is 13.6. The Kier molecular flexibility index (Phi) is 3.84. The van der Waals surface area contributed by atoms with Crippen LogP contribution in [0.2, 0.25) is 0 Å². The first-order valence-corrected chi connectivity index (χ1v) is 5.91. The lowest BCUT2D eigenvalue weighted by Crippen LogP contribution is -2.17. The van der Waals surface area contributed by atoms with E-state index in [0.717, 1.165) is 5.56 Å². The molecular weight excluding hydrogens is 261 g/mol. The predicted octanol–water partition coefficient (Wildman–Crippen LogP) is 2.72. The SMILES string of the molecule is Cc1cc(C)c(C(N)=NO)c(Oc2ccccc2F)n1. The molecule has 0 aliphatic heterocycles. The summed E-state index contributed by atoms with van der Waals surface area (Å²) in [6.45, 7) is 3.55. The zero-order chi connectivity index (χ0) is 14.7. The Morgan fingerprint density at radius 1 is 1.35 bits per heavy atom. The maximum absolute atomic E-state index is 13.6. The third kappa shape index (κ3) is 2.69. The van der Waals surface area contributed by atoms with Gasteiger partial charge in [0.05, 0.1) is 5.56 Å². The normalized spacial score (nSPS) is 11.4. The van der Waals surface area contributed by atoms with Crippen molar-refractivity contribution in [2.24, 2.45) is 10.9 Å². The van der Waals surface area contributed by atoms with Gasteiger partial charge in [-0.3, -0.25) is 0 Å². The molecule has 0 saturated carbocycles. The van der Waals surface area contributed by atoms with E-state index in [4.69, 9.17) is 15.7 Å². The zero-order valence-electron chi connectivity index (χ0n) is 11.1. The third-order valence-electron chi connectivity index (χ3n) is 2.72. The number of nitrogens with zero attached hydrogens (tertiary/aromatic N) is 2. The monoisotopic (exact) mass is 275 g/mol. The number of amidine groups is 1. The second-order valence-corrected chi connectivity index (χ2v) is 4.28. The van der Waals surface area contributed by atoms with Crippen molar-refractivity contribution < 1.29 is 14.3 Å². The molecule has 2 rings (SSSR count). The van der Waals surface area contributed by atoms with E-state index in [1.165, 1.54) is 12.1 Å². The van der Waals surface area contributed by atoms with Gasteiger partial charge >= 0.3 is 0 Å². The van der Waals surface area contributed by atoms with E-state index in [1.807, 2.05) is 0 Å². The summed E-state index contributed by atoms with van der Waals surface area (Å²) in [5.74, 6) is -0.528. The topological polar surface area (TPSA) is 80.7 Å². The first kappa shape index (κ1) is 13.8. The molecule has 104 valence electrons. The smallest absolute Gasteiger partial charge is 0.231 e. The van der Waals surface area contributed by atoms with Crippen molar-refractivity contribution in [1.29, 1.82) is 0 Å². The molecule has 0 fully saturated rings. The average molecular weight is 275 g/mol. The number of pyridine rings is 1. The standard InChI is InChI=1S/C14H14FN3O2/c1-8-7-9(2)17-14(12(8)13(16)18-19)20-11-6-4-3-5-10(11)15/h3-7,19H,1-2H3,(H2,16,18). The summed E-state index contributed by atoms with van der Waals surface area (Å²) >= 11 is 0. The molecule has 20 heavy (non-hydrogen) atoms. The molecule has 0 radical (unpaired) electrons. The number of para-hydroxylation sites is 1. The Morgan fingerprint density at radius 3 is 2.70 bits per heavy atom. The number of hydrogen-bond donors (Lipinski definition) is 2. The molecule has 0 unspecified atom stereocenters. The van der Waals surface area contributed by atoms with Crippen LogP contribution in [-0.2, 0) is 0 Å². The molecule has 0 spiro atoms. The number of rotatable bonds is 3. The molecule has 1 aromatic carbocycles. The number of aryl methyl sites for hydroxylation is 2. The van der Waals surface area contributed by atoms with Crippen molar-refractivity contribution in [2.75, 3.05) is 0 Å². The van der Waals surface area contributed by atoms with Gasteiger partial charge in [-0.25, -0.2) is 9.37 Å². The molecule has 0 atom stereocenters. The molecule has 0 bridgehead atoms. The lowest BCUT2D eigenvalue weighted by molar-refractivity contribution is 0.318. The van der Waals surface area contributed by atoms with Gasteiger partial charge in [0.15, 0.2) is 17.4 Å². The predicted molar refractivity (Wildman–Crippen MR) is 72.7 cm³/mol. The Bertz CT molecular complexity index is 671.